The van der Waals surface area contributed by atoms with Crippen LogP contribution in [-0.4, -0.2) is 60.5 Å². The largest absolute Gasteiger partial charge is 0.390 e. The van der Waals surface area contributed by atoms with E-state index in [1.165, 1.54) is 0 Å². The first-order valence-corrected chi connectivity index (χ1v) is 4.05. The summed E-state index contributed by atoms with van der Waals surface area (Å²) in [5, 5.41) is 18.3. The van der Waals surface area contributed by atoms with Crippen molar-refractivity contribution in [1.29, 1.82) is 0 Å². The van der Waals surface area contributed by atoms with Gasteiger partial charge in [0.1, 0.15) is 0 Å². The Hall–Kier alpha value is -0.200. The Balaban J connectivity index is 3.51. The van der Waals surface area contributed by atoms with E-state index in [-0.39, 0.29) is 13.1 Å². The third-order valence-corrected chi connectivity index (χ3v) is 1.59. The molecule has 0 amide bonds. The summed E-state index contributed by atoms with van der Waals surface area (Å²) in [6, 6.07) is 0. The van der Waals surface area contributed by atoms with Crippen LogP contribution in [0.25, 0.3) is 0 Å². The molecule has 5 heteroatoms. The Morgan fingerprint density at radius 2 is 1.42 bits per heavy atom. The lowest BCUT2D eigenvalue weighted by atomic mass is 10.3. The number of aliphatic hydroxyl groups excluding tert-OH is 2. The lowest BCUT2D eigenvalue weighted by molar-refractivity contribution is 0.0903. The zero-order valence-electron chi connectivity index (χ0n) is 7.48. The molecule has 0 unspecified atom stereocenters. The maximum atomic E-state index is 9.13. The molecule has 0 aromatic rings. The first-order chi connectivity index (χ1) is 5.60. The van der Waals surface area contributed by atoms with E-state index >= 15 is 0 Å². The van der Waals surface area contributed by atoms with Crippen LogP contribution >= 0.6 is 0 Å². The van der Waals surface area contributed by atoms with Crippen molar-refractivity contribution in [2.45, 2.75) is 12.2 Å². The van der Waals surface area contributed by atoms with E-state index < -0.39 is 12.2 Å². The normalized spacial score (nSPS) is 16.5. The first kappa shape index (κ1) is 11.8. The summed E-state index contributed by atoms with van der Waals surface area (Å²) in [5.74, 6) is 0. The molecule has 0 aromatic carbocycles. The average Bonchev–Trinajstić information content (AvgIpc) is 2.03. The van der Waals surface area contributed by atoms with Gasteiger partial charge in [-0.25, -0.2) is 0 Å². The van der Waals surface area contributed by atoms with E-state index in [1.54, 1.807) is 11.9 Å². The quantitative estimate of drug-likeness (QED) is 0.361. The fourth-order valence-electron chi connectivity index (χ4n) is 0.943. The van der Waals surface area contributed by atoms with E-state index in [0.717, 1.165) is 0 Å². The minimum absolute atomic E-state index is 0.239. The molecule has 0 heterocycles. The van der Waals surface area contributed by atoms with Crippen LogP contribution in [0.2, 0.25) is 0 Å². The molecule has 0 aliphatic heterocycles. The molecule has 2 atom stereocenters. The predicted octanol–water partition coefficient (Wildman–Crippen LogP) is -2.44. The summed E-state index contributed by atoms with van der Waals surface area (Å²) in [6.07, 6.45) is -1.06. The molecule has 0 aromatic heterocycles. The molecule has 0 spiro atoms. The lowest BCUT2D eigenvalue weighted by Crippen LogP contribution is -2.40. The summed E-state index contributed by atoms with van der Waals surface area (Å²) in [6.45, 7) is 1.41. The van der Waals surface area contributed by atoms with Crippen LogP contribution in [0.3, 0.4) is 0 Å². The smallest absolute Gasteiger partial charge is 0.0789 e. The predicted molar refractivity (Wildman–Crippen MR) is 47.6 cm³/mol. The van der Waals surface area contributed by atoms with Crippen molar-refractivity contribution < 1.29 is 10.2 Å². The SMILES string of the molecule is CN(C[C@@H](O)CN)C[C@@H](O)CN. The van der Waals surface area contributed by atoms with E-state index in [2.05, 4.69) is 0 Å². The van der Waals surface area contributed by atoms with E-state index in [1.807, 2.05) is 0 Å². The van der Waals surface area contributed by atoms with Crippen molar-refractivity contribution in [3.8, 4) is 0 Å². The molecule has 0 aliphatic carbocycles. The monoisotopic (exact) mass is 177 g/mol. The molecular weight excluding hydrogens is 158 g/mol. The van der Waals surface area contributed by atoms with Gasteiger partial charge in [-0.2, -0.15) is 0 Å². The van der Waals surface area contributed by atoms with Gasteiger partial charge in [0.25, 0.3) is 0 Å². The molecule has 0 fully saturated rings. The van der Waals surface area contributed by atoms with Crippen molar-refractivity contribution in [2.75, 3.05) is 33.2 Å². The van der Waals surface area contributed by atoms with E-state index in [4.69, 9.17) is 21.7 Å². The highest BCUT2D eigenvalue weighted by atomic mass is 16.3. The molecule has 6 N–H and O–H groups in total. The van der Waals surface area contributed by atoms with Gasteiger partial charge in [0.2, 0.25) is 0 Å². The molecule has 0 rings (SSSR count). The number of aliphatic hydroxyl groups is 2. The van der Waals surface area contributed by atoms with E-state index in [9.17, 15) is 0 Å². The molecule has 0 bridgehead atoms. The topological polar surface area (TPSA) is 95.7 Å². The minimum atomic E-state index is -0.528. The maximum absolute atomic E-state index is 9.13. The number of rotatable bonds is 6. The fourth-order valence-corrected chi connectivity index (χ4v) is 0.943. The fraction of sp³-hybridized carbons (Fsp3) is 1.00. The molecule has 0 saturated heterocycles. The summed E-state index contributed by atoms with van der Waals surface area (Å²) in [5.41, 5.74) is 10.4. The molecule has 0 aliphatic rings. The van der Waals surface area contributed by atoms with Crippen molar-refractivity contribution >= 4 is 0 Å². The number of nitrogens with two attached hydrogens (primary N) is 2. The second kappa shape index (κ2) is 6.33. The van der Waals surface area contributed by atoms with Crippen LogP contribution in [0.5, 0.6) is 0 Å². The molecule has 0 radical (unpaired) electrons. The number of hydrogen-bond donors (Lipinski definition) is 4. The van der Waals surface area contributed by atoms with Crippen LogP contribution in [0.15, 0.2) is 0 Å². The third kappa shape index (κ3) is 5.45. The second-order valence-electron chi connectivity index (χ2n) is 3.00. The Morgan fingerprint density at radius 1 is 1.08 bits per heavy atom. The third-order valence-electron chi connectivity index (χ3n) is 1.59. The van der Waals surface area contributed by atoms with Gasteiger partial charge in [-0.1, -0.05) is 0 Å². The van der Waals surface area contributed by atoms with Gasteiger partial charge in [0, 0.05) is 26.2 Å². The standard InChI is InChI=1S/C7H19N3O2/c1-10(4-6(11)2-8)5-7(12)3-9/h6-7,11-12H,2-5,8-9H2,1H3/t6-,7-/m0/s1. The van der Waals surface area contributed by atoms with Crippen LogP contribution < -0.4 is 11.5 Å². The molecule has 12 heavy (non-hydrogen) atoms. The molecule has 5 nitrogen and oxygen atoms in total. The van der Waals surface area contributed by atoms with Gasteiger partial charge < -0.3 is 26.6 Å². The average molecular weight is 177 g/mol. The number of hydrogen-bond acceptors (Lipinski definition) is 5. The highest BCUT2D eigenvalue weighted by Crippen LogP contribution is 1.90. The Bertz CT molecular complexity index is 101. The summed E-state index contributed by atoms with van der Waals surface area (Å²) < 4.78 is 0. The van der Waals surface area contributed by atoms with Gasteiger partial charge >= 0.3 is 0 Å². The summed E-state index contributed by atoms with van der Waals surface area (Å²) in [4.78, 5) is 1.80. The maximum Gasteiger partial charge on any atom is 0.0789 e. The van der Waals surface area contributed by atoms with Crippen LogP contribution in [0.4, 0.5) is 0 Å². The van der Waals surface area contributed by atoms with Crippen LogP contribution in [0.1, 0.15) is 0 Å². The second-order valence-corrected chi connectivity index (χ2v) is 3.00. The van der Waals surface area contributed by atoms with Crippen molar-refractivity contribution in [3.63, 3.8) is 0 Å². The molecule has 0 saturated carbocycles. The van der Waals surface area contributed by atoms with Crippen LogP contribution in [-0.2, 0) is 0 Å². The van der Waals surface area contributed by atoms with Gasteiger partial charge in [0.15, 0.2) is 0 Å². The Kier molecular flexibility index (Phi) is 6.23. The summed E-state index contributed by atoms with van der Waals surface area (Å²) >= 11 is 0. The van der Waals surface area contributed by atoms with Crippen LogP contribution in [0, 0.1) is 0 Å². The van der Waals surface area contributed by atoms with Crippen molar-refractivity contribution in [3.05, 3.63) is 0 Å². The van der Waals surface area contributed by atoms with Crippen molar-refractivity contribution in [2.24, 2.45) is 11.5 Å². The molecule has 74 valence electrons. The lowest BCUT2D eigenvalue weighted by Gasteiger charge is -2.21. The van der Waals surface area contributed by atoms with E-state index in [0.29, 0.717) is 13.1 Å². The van der Waals surface area contributed by atoms with Gasteiger partial charge in [-0.3, -0.25) is 0 Å². The Morgan fingerprint density at radius 3 is 1.67 bits per heavy atom. The van der Waals surface area contributed by atoms with Gasteiger partial charge in [-0.15, -0.1) is 0 Å². The highest BCUT2D eigenvalue weighted by Gasteiger charge is 2.09. The first-order valence-electron chi connectivity index (χ1n) is 4.05. The number of nitrogens with zero attached hydrogens (tertiary/aromatic N) is 1. The minimum Gasteiger partial charge on any atom is -0.390 e. The Labute approximate surface area is 73.0 Å². The van der Waals surface area contributed by atoms with Gasteiger partial charge in [0.05, 0.1) is 12.2 Å². The zero-order chi connectivity index (χ0) is 9.56. The van der Waals surface area contributed by atoms with Gasteiger partial charge in [-0.05, 0) is 7.05 Å². The zero-order valence-corrected chi connectivity index (χ0v) is 7.48. The molecular formula is C7H19N3O2. The summed E-state index contributed by atoms with van der Waals surface area (Å²) in [7, 11) is 1.80. The number of likely N-dealkylation sites (N-methyl/N-ethyl adjacent to an activating group) is 1. The highest BCUT2D eigenvalue weighted by molar-refractivity contribution is 4.66. The van der Waals surface area contributed by atoms with Crippen molar-refractivity contribution in [1.82, 2.24) is 4.90 Å².